The summed E-state index contributed by atoms with van der Waals surface area (Å²) in [4.78, 5) is 0. The summed E-state index contributed by atoms with van der Waals surface area (Å²) in [5.74, 6) is 0.635. The van der Waals surface area contributed by atoms with Gasteiger partial charge in [-0.15, -0.1) is 0 Å². The van der Waals surface area contributed by atoms with Gasteiger partial charge in [0.05, 0.1) is 11.6 Å². The van der Waals surface area contributed by atoms with E-state index in [2.05, 4.69) is 36.5 Å². The molecule has 110 valence electrons. The highest BCUT2D eigenvalue weighted by atomic mass is 16.5. The van der Waals surface area contributed by atoms with E-state index in [0.717, 1.165) is 19.6 Å². The quantitative estimate of drug-likeness (QED) is 0.887. The monoisotopic (exact) mass is 274 g/mol. The Hall–Kier alpha value is -0.900. The molecule has 3 atom stereocenters. The van der Waals surface area contributed by atoms with Gasteiger partial charge < -0.3 is 15.8 Å². The lowest BCUT2D eigenvalue weighted by Crippen LogP contribution is -2.52. The third-order valence-electron chi connectivity index (χ3n) is 5.05. The minimum atomic E-state index is -0.0605. The van der Waals surface area contributed by atoms with Crippen LogP contribution in [0.1, 0.15) is 49.7 Å². The summed E-state index contributed by atoms with van der Waals surface area (Å²) in [7, 11) is 0. The average molecular weight is 274 g/mol. The van der Waals surface area contributed by atoms with E-state index in [1.807, 2.05) is 0 Å². The van der Waals surface area contributed by atoms with Crippen LogP contribution in [0.4, 0.5) is 0 Å². The molecule has 0 bridgehead atoms. The van der Waals surface area contributed by atoms with Crippen molar-refractivity contribution in [3.63, 3.8) is 0 Å². The van der Waals surface area contributed by atoms with Crippen molar-refractivity contribution >= 4 is 0 Å². The first-order valence-corrected chi connectivity index (χ1v) is 7.91. The molecule has 0 amide bonds. The molecular weight excluding hydrogens is 248 g/mol. The van der Waals surface area contributed by atoms with Gasteiger partial charge in [-0.05, 0) is 42.7 Å². The van der Waals surface area contributed by atoms with Crippen LogP contribution in [0.2, 0.25) is 0 Å². The van der Waals surface area contributed by atoms with E-state index in [-0.39, 0.29) is 5.54 Å². The summed E-state index contributed by atoms with van der Waals surface area (Å²) in [6.45, 7) is 4.80. The maximum Gasteiger partial charge on any atom is 0.0700 e. The summed E-state index contributed by atoms with van der Waals surface area (Å²) in [6.07, 6.45) is 5.05. The summed E-state index contributed by atoms with van der Waals surface area (Å²) in [6, 6.07) is 8.79. The highest BCUT2D eigenvalue weighted by Gasteiger charge is 2.37. The third-order valence-corrected chi connectivity index (χ3v) is 5.05. The number of fused-ring (bicyclic) bond motifs is 1. The number of ether oxygens (including phenoxy) is 1. The Labute approximate surface area is 121 Å². The maximum absolute atomic E-state index is 6.18. The fraction of sp³-hybridized carbons (Fsp3) is 0.647. The Morgan fingerprint density at radius 3 is 2.95 bits per heavy atom. The van der Waals surface area contributed by atoms with Gasteiger partial charge in [-0.1, -0.05) is 31.2 Å². The molecule has 3 N–H and O–H groups in total. The van der Waals surface area contributed by atoms with Crippen molar-refractivity contribution < 1.29 is 4.74 Å². The topological polar surface area (TPSA) is 47.3 Å². The first-order valence-electron chi connectivity index (χ1n) is 7.91. The fourth-order valence-corrected chi connectivity index (χ4v) is 3.70. The molecule has 0 saturated carbocycles. The smallest absolute Gasteiger partial charge is 0.0700 e. The minimum Gasteiger partial charge on any atom is -0.377 e. The molecule has 1 aromatic rings. The van der Waals surface area contributed by atoms with Gasteiger partial charge in [0.15, 0.2) is 0 Å². The molecule has 1 aliphatic heterocycles. The average Bonchev–Trinajstić information content (AvgIpc) is 3.01. The number of rotatable bonds is 4. The van der Waals surface area contributed by atoms with Crippen LogP contribution in [0.15, 0.2) is 24.3 Å². The van der Waals surface area contributed by atoms with E-state index in [1.165, 1.54) is 30.4 Å². The molecule has 1 saturated heterocycles. The Bertz CT molecular complexity index is 456. The lowest BCUT2D eigenvalue weighted by atomic mass is 9.72. The highest BCUT2D eigenvalue weighted by Crippen LogP contribution is 2.40. The van der Waals surface area contributed by atoms with Gasteiger partial charge in [-0.25, -0.2) is 0 Å². The largest absolute Gasteiger partial charge is 0.377 e. The van der Waals surface area contributed by atoms with Crippen LogP contribution >= 0.6 is 0 Å². The van der Waals surface area contributed by atoms with Gasteiger partial charge >= 0.3 is 0 Å². The first kappa shape index (κ1) is 14.1. The van der Waals surface area contributed by atoms with Gasteiger partial charge in [-0.3, -0.25) is 0 Å². The lowest BCUT2D eigenvalue weighted by Gasteiger charge is -2.42. The predicted octanol–water partition coefficient (Wildman–Crippen LogP) is 2.51. The zero-order valence-electron chi connectivity index (χ0n) is 12.4. The van der Waals surface area contributed by atoms with Crippen molar-refractivity contribution in [2.75, 3.05) is 19.7 Å². The van der Waals surface area contributed by atoms with E-state index in [4.69, 9.17) is 10.5 Å². The van der Waals surface area contributed by atoms with E-state index >= 15 is 0 Å². The zero-order chi connectivity index (χ0) is 14.0. The van der Waals surface area contributed by atoms with Crippen LogP contribution in [0, 0.1) is 0 Å². The predicted molar refractivity (Wildman–Crippen MR) is 81.8 cm³/mol. The van der Waals surface area contributed by atoms with Gasteiger partial charge in [0, 0.05) is 19.7 Å². The van der Waals surface area contributed by atoms with E-state index < -0.39 is 0 Å². The molecular formula is C17H26N2O. The fourth-order valence-electron chi connectivity index (χ4n) is 3.70. The molecule has 1 aromatic carbocycles. The van der Waals surface area contributed by atoms with Crippen LogP contribution in [0.5, 0.6) is 0 Å². The van der Waals surface area contributed by atoms with Gasteiger partial charge in [-0.2, -0.15) is 0 Å². The Morgan fingerprint density at radius 1 is 1.35 bits per heavy atom. The number of hydrogen-bond acceptors (Lipinski definition) is 3. The summed E-state index contributed by atoms with van der Waals surface area (Å²) in [5.41, 5.74) is 8.98. The highest BCUT2D eigenvalue weighted by molar-refractivity contribution is 5.39. The number of nitrogens with one attached hydrogen (secondary N) is 1. The Morgan fingerprint density at radius 2 is 2.20 bits per heavy atom. The van der Waals surface area contributed by atoms with Crippen molar-refractivity contribution in [1.82, 2.24) is 5.32 Å². The maximum atomic E-state index is 6.18. The van der Waals surface area contributed by atoms with Gasteiger partial charge in [0.2, 0.25) is 0 Å². The summed E-state index contributed by atoms with van der Waals surface area (Å²) < 4.78 is 5.74. The molecule has 1 aliphatic carbocycles. The van der Waals surface area contributed by atoms with Crippen molar-refractivity contribution in [3.05, 3.63) is 35.4 Å². The molecule has 3 rings (SSSR count). The molecule has 3 unspecified atom stereocenters. The zero-order valence-corrected chi connectivity index (χ0v) is 12.4. The second-order valence-corrected chi connectivity index (χ2v) is 6.33. The molecule has 2 aliphatic rings. The molecule has 3 nitrogen and oxygen atoms in total. The van der Waals surface area contributed by atoms with E-state index in [0.29, 0.717) is 18.6 Å². The van der Waals surface area contributed by atoms with Crippen LogP contribution in [-0.2, 0) is 10.3 Å². The molecule has 20 heavy (non-hydrogen) atoms. The van der Waals surface area contributed by atoms with Gasteiger partial charge in [0.1, 0.15) is 0 Å². The van der Waals surface area contributed by atoms with E-state index in [1.54, 1.807) is 0 Å². The molecule has 3 heteroatoms. The standard InChI is InChI=1S/C17H26N2O/c1-13-8-9-17(12-18,16-7-3-2-6-15(13)16)19-11-14-5-4-10-20-14/h2-3,6-7,13-14,19H,4-5,8-12,18H2,1H3. The number of hydrogen-bond donors (Lipinski definition) is 2. The second kappa shape index (κ2) is 5.84. The Balaban J connectivity index is 1.82. The molecule has 0 radical (unpaired) electrons. The SMILES string of the molecule is CC1CCC(CN)(NCC2CCCO2)c2ccccc21. The van der Waals surface area contributed by atoms with Crippen LogP contribution in [0.3, 0.4) is 0 Å². The lowest BCUT2D eigenvalue weighted by molar-refractivity contribution is 0.0980. The first-order chi connectivity index (χ1) is 9.75. The Kier molecular flexibility index (Phi) is 4.11. The van der Waals surface area contributed by atoms with Crippen LogP contribution < -0.4 is 11.1 Å². The molecule has 1 heterocycles. The van der Waals surface area contributed by atoms with Crippen LogP contribution in [-0.4, -0.2) is 25.8 Å². The van der Waals surface area contributed by atoms with E-state index in [9.17, 15) is 0 Å². The van der Waals surface area contributed by atoms with Crippen molar-refractivity contribution in [3.8, 4) is 0 Å². The summed E-state index contributed by atoms with van der Waals surface area (Å²) in [5, 5.41) is 3.75. The molecule has 1 fully saturated rings. The molecule has 0 aromatic heterocycles. The second-order valence-electron chi connectivity index (χ2n) is 6.33. The molecule has 0 spiro atoms. The third kappa shape index (κ3) is 2.50. The minimum absolute atomic E-state index is 0.0605. The number of nitrogens with two attached hydrogens (primary N) is 1. The van der Waals surface area contributed by atoms with Crippen molar-refractivity contribution in [2.45, 2.75) is 50.2 Å². The normalized spacial score (nSPS) is 33.1. The van der Waals surface area contributed by atoms with Gasteiger partial charge in [0.25, 0.3) is 0 Å². The number of benzene rings is 1. The van der Waals surface area contributed by atoms with Crippen LogP contribution in [0.25, 0.3) is 0 Å². The van der Waals surface area contributed by atoms with Crippen molar-refractivity contribution in [2.24, 2.45) is 5.73 Å². The summed E-state index contributed by atoms with van der Waals surface area (Å²) >= 11 is 0. The van der Waals surface area contributed by atoms with Crippen molar-refractivity contribution in [1.29, 1.82) is 0 Å².